The average molecular weight is 313 g/mol. The zero-order chi connectivity index (χ0) is 16.1. The Morgan fingerprint density at radius 1 is 1.24 bits per heavy atom. The molecule has 3 nitrogen and oxygen atoms in total. The fourth-order valence-corrected chi connectivity index (χ4v) is 5.61. The lowest BCUT2D eigenvalue weighted by molar-refractivity contribution is -0.147. The minimum Gasteiger partial charge on any atom is -0.481 e. The van der Waals surface area contributed by atoms with Crippen molar-refractivity contribution < 1.29 is 14.3 Å². The number of hydrogen-bond donors (Lipinski definition) is 1. The van der Waals surface area contributed by atoms with Crippen molar-refractivity contribution in [2.75, 3.05) is 0 Å². The predicted molar refractivity (Wildman–Crippen MR) is 87.9 cm³/mol. The van der Waals surface area contributed by atoms with Gasteiger partial charge in [0.05, 0.1) is 5.92 Å². The number of hydrogen-bond acceptors (Lipinski definition) is 2. The Balaban J connectivity index is 2.19. The summed E-state index contributed by atoms with van der Waals surface area (Å²) < 4.78 is 6.70. The second-order valence-electron chi connectivity index (χ2n) is 8.89. The summed E-state index contributed by atoms with van der Waals surface area (Å²) in [6.45, 7) is 13.6. The molecule has 0 unspecified atom stereocenters. The summed E-state index contributed by atoms with van der Waals surface area (Å²) in [5.74, 6) is -0.345. The van der Waals surface area contributed by atoms with Crippen molar-refractivity contribution in [3.05, 3.63) is 0 Å². The standard InChI is InChI=1S/C17H32O3Si/c1-16(2,3)21(5,6)20-14-8-7-11-17(4)12(14)9-10-13(17)15(18)19/h12-14H,7-11H2,1-6H3,(H,18,19)/t12-,13+,14-,17-/m0/s1. The van der Waals surface area contributed by atoms with Crippen molar-refractivity contribution >= 4 is 14.3 Å². The fraction of sp³-hybridized carbons (Fsp3) is 0.941. The highest BCUT2D eigenvalue weighted by Crippen LogP contribution is 2.57. The van der Waals surface area contributed by atoms with Gasteiger partial charge >= 0.3 is 5.97 Å². The van der Waals surface area contributed by atoms with E-state index in [-0.39, 0.29) is 22.5 Å². The lowest BCUT2D eigenvalue weighted by Gasteiger charge is -2.48. The van der Waals surface area contributed by atoms with Crippen LogP contribution in [0.2, 0.25) is 18.1 Å². The summed E-state index contributed by atoms with van der Waals surface area (Å²) in [5, 5.41) is 9.75. The van der Waals surface area contributed by atoms with Gasteiger partial charge in [-0.1, -0.05) is 34.1 Å². The predicted octanol–water partition coefficient (Wildman–Crippen LogP) is 4.68. The van der Waals surface area contributed by atoms with Crippen LogP contribution in [-0.2, 0) is 9.22 Å². The van der Waals surface area contributed by atoms with Crippen molar-refractivity contribution in [2.24, 2.45) is 17.3 Å². The minimum absolute atomic E-state index is 0.0584. The largest absolute Gasteiger partial charge is 0.481 e. The molecule has 0 aliphatic heterocycles. The maximum atomic E-state index is 11.6. The highest BCUT2D eigenvalue weighted by atomic mass is 28.4. The van der Waals surface area contributed by atoms with Gasteiger partial charge in [0.2, 0.25) is 0 Å². The Kier molecular flexibility index (Phi) is 4.35. The van der Waals surface area contributed by atoms with Gasteiger partial charge in [-0.3, -0.25) is 4.79 Å². The van der Waals surface area contributed by atoms with Crippen LogP contribution in [0.1, 0.15) is 59.8 Å². The van der Waals surface area contributed by atoms with Gasteiger partial charge in [-0.05, 0) is 55.1 Å². The Morgan fingerprint density at radius 2 is 1.86 bits per heavy atom. The molecule has 0 heterocycles. The molecule has 0 aromatic rings. The fourth-order valence-electron chi connectivity index (χ4n) is 4.22. The molecule has 0 aromatic heterocycles. The molecule has 0 spiro atoms. The van der Waals surface area contributed by atoms with E-state index in [0.717, 1.165) is 32.1 Å². The van der Waals surface area contributed by atoms with Gasteiger partial charge in [0.1, 0.15) is 0 Å². The number of rotatable bonds is 3. The first-order chi connectivity index (χ1) is 9.49. The molecule has 2 aliphatic rings. The van der Waals surface area contributed by atoms with Crippen LogP contribution in [0.4, 0.5) is 0 Å². The van der Waals surface area contributed by atoms with E-state index in [1.807, 2.05) is 0 Å². The van der Waals surface area contributed by atoms with Crippen molar-refractivity contribution in [2.45, 2.75) is 84.0 Å². The quantitative estimate of drug-likeness (QED) is 0.770. The number of carbonyl (C=O) groups is 1. The Morgan fingerprint density at radius 3 is 2.38 bits per heavy atom. The monoisotopic (exact) mass is 312 g/mol. The zero-order valence-corrected chi connectivity index (χ0v) is 15.5. The average Bonchev–Trinajstić information content (AvgIpc) is 2.65. The first-order valence-corrected chi connectivity index (χ1v) is 11.3. The Bertz CT molecular complexity index is 413. The molecule has 0 bridgehead atoms. The summed E-state index contributed by atoms with van der Waals surface area (Å²) in [5.41, 5.74) is -0.0584. The summed E-state index contributed by atoms with van der Waals surface area (Å²) in [6.07, 6.45) is 5.39. The maximum Gasteiger partial charge on any atom is 0.307 e. The molecular formula is C17H32O3Si. The first-order valence-electron chi connectivity index (χ1n) is 8.40. The molecule has 2 aliphatic carbocycles. The van der Waals surface area contributed by atoms with Crippen LogP contribution in [0, 0.1) is 17.3 Å². The normalized spacial score (nSPS) is 37.3. The van der Waals surface area contributed by atoms with E-state index in [1.165, 1.54) is 0 Å². The lowest BCUT2D eigenvalue weighted by atomic mass is 9.64. The van der Waals surface area contributed by atoms with E-state index in [0.29, 0.717) is 5.92 Å². The van der Waals surface area contributed by atoms with E-state index in [1.54, 1.807) is 0 Å². The molecule has 0 radical (unpaired) electrons. The number of carboxylic acids is 1. The van der Waals surface area contributed by atoms with Gasteiger partial charge < -0.3 is 9.53 Å². The molecule has 0 amide bonds. The topological polar surface area (TPSA) is 46.5 Å². The highest BCUT2D eigenvalue weighted by molar-refractivity contribution is 6.74. The van der Waals surface area contributed by atoms with Crippen molar-refractivity contribution in [3.8, 4) is 0 Å². The van der Waals surface area contributed by atoms with Crippen LogP contribution in [0.5, 0.6) is 0 Å². The maximum absolute atomic E-state index is 11.6. The van der Waals surface area contributed by atoms with E-state index in [9.17, 15) is 9.90 Å². The molecule has 4 atom stereocenters. The van der Waals surface area contributed by atoms with Crippen molar-refractivity contribution in [1.29, 1.82) is 0 Å². The molecule has 1 N–H and O–H groups in total. The third kappa shape index (κ3) is 2.94. The van der Waals surface area contributed by atoms with Gasteiger partial charge in [0.15, 0.2) is 8.32 Å². The molecule has 2 rings (SSSR count). The van der Waals surface area contributed by atoms with Crippen LogP contribution in [0.3, 0.4) is 0 Å². The number of aliphatic carboxylic acids is 1. The van der Waals surface area contributed by atoms with E-state index >= 15 is 0 Å². The van der Waals surface area contributed by atoms with E-state index < -0.39 is 14.3 Å². The molecular weight excluding hydrogens is 280 g/mol. The Hall–Kier alpha value is -0.353. The third-order valence-electron chi connectivity index (χ3n) is 6.61. The second-order valence-corrected chi connectivity index (χ2v) is 13.6. The first kappa shape index (κ1) is 17.0. The molecule has 2 saturated carbocycles. The van der Waals surface area contributed by atoms with Crippen LogP contribution >= 0.6 is 0 Å². The summed E-state index contributed by atoms with van der Waals surface area (Å²) in [6, 6.07) is 0. The molecule has 122 valence electrons. The highest BCUT2D eigenvalue weighted by Gasteiger charge is 2.55. The van der Waals surface area contributed by atoms with E-state index in [2.05, 4.69) is 40.8 Å². The van der Waals surface area contributed by atoms with Crippen molar-refractivity contribution in [3.63, 3.8) is 0 Å². The van der Waals surface area contributed by atoms with Gasteiger partial charge in [0.25, 0.3) is 0 Å². The van der Waals surface area contributed by atoms with Crippen LogP contribution < -0.4 is 0 Å². The molecule has 2 fully saturated rings. The van der Waals surface area contributed by atoms with E-state index in [4.69, 9.17) is 4.43 Å². The molecule has 0 saturated heterocycles. The van der Waals surface area contributed by atoms with Crippen molar-refractivity contribution in [1.82, 2.24) is 0 Å². The van der Waals surface area contributed by atoms with Gasteiger partial charge in [-0.15, -0.1) is 0 Å². The summed E-state index contributed by atoms with van der Waals surface area (Å²) in [4.78, 5) is 11.6. The minimum atomic E-state index is -1.78. The van der Waals surface area contributed by atoms with Crippen LogP contribution in [0.15, 0.2) is 0 Å². The third-order valence-corrected chi connectivity index (χ3v) is 11.1. The second kappa shape index (κ2) is 5.38. The smallest absolute Gasteiger partial charge is 0.307 e. The molecule has 0 aromatic carbocycles. The summed E-state index contributed by atoms with van der Waals surface area (Å²) in [7, 11) is -1.78. The van der Waals surface area contributed by atoms with Gasteiger partial charge in [-0.25, -0.2) is 0 Å². The number of carboxylic acid groups (broad SMARTS) is 1. The SMILES string of the molecule is CC(C)(C)[Si](C)(C)O[C@H]1CCC[C@]2(C)[C@@H](C(=O)O)CC[C@@H]12. The van der Waals surface area contributed by atoms with Crippen LogP contribution in [0.25, 0.3) is 0 Å². The summed E-state index contributed by atoms with van der Waals surface area (Å²) >= 11 is 0. The molecule has 4 heteroatoms. The number of fused-ring (bicyclic) bond motifs is 1. The van der Waals surface area contributed by atoms with Gasteiger partial charge in [0, 0.05) is 6.10 Å². The Labute approximate surface area is 130 Å². The molecule has 21 heavy (non-hydrogen) atoms. The lowest BCUT2D eigenvalue weighted by Crippen LogP contribution is -2.50. The van der Waals surface area contributed by atoms with Crippen LogP contribution in [-0.4, -0.2) is 25.5 Å². The van der Waals surface area contributed by atoms with Gasteiger partial charge in [-0.2, -0.15) is 0 Å². The zero-order valence-electron chi connectivity index (χ0n) is 14.5.